The lowest BCUT2D eigenvalue weighted by atomic mass is 10.1. The molecule has 3 aromatic heterocycles. The average molecular weight is 447 g/mol. The number of nitrogens with zero attached hydrogens (tertiary/aromatic N) is 1. The van der Waals surface area contributed by atoms with Crippen LogP contribution in [-0.4, -0.2) is 23.3 Å². The molecule has 3 rings (SSSR count). The molecule has 0 fully saturated rings. The summed E-state index contributed by atoms with van der Waals surface area (Å²) in [4.78, 5) is 30.1. The fourth-order valence-electron chi connectivity index (χ4n) is 3.01. The first-order valence-electron chi connectivity index (χ1n) is 9.82. The van der Waals surface area contributed by atoms with Gasteiger partial charge in [0.25, 0.3) is 0 Å². The molecule has 0 atom stereocenters. The van der Waals surface area contributed by atoms with Crippen LogP contribution in [0.5, 0.6) is 0 Å². The monoisotopic (exact) mass is 446 g/mol. The fraction of sp³-hybridized carbons (Fsp3) is 0.364. The van der Waals surface area contributed by atoms with Crippen molar-refractivity contribution in [3.05, 3.63) is 67.2 Å². The van der Waals surface area contributed by atoms with Gasteiger partial charge in [0.05, 0.1) is 19.5 Å². The van der Waals surface area contributed by atoms with Gasteiger partial charge in [-0.15, -0.1) is 34.0 Å². The Morgan fingerprint density at radius 3 is 1.93 bits per heavy atom. The van der Waals surface area contributed by atoms with Crippen molar-refractivity contribution >= 4 is 45.8 Å². The molecule has 0 aliphatic heterocycles. The predicted octanol–water partition coefficient (Wildman–Crippen LogP) is 5.32. The number of carbonyl (C=O) groups excluding carboxylic acids is 2. The van der Waals surface area contributed by atoms with E-state index in [0.29, 0.717) is 32.5 Å². The molecule has 2 amide bonds. The van der Waals surface area contributed by atoms with Crippen molar-refractivity contribution in [2.75, 3.05) is 6.54 Å². The molecule has 0 radical (unpaired) electrons. The number of amides is 2. The van der Waals surface area contributed by atoms with Gasteiger partial charge in [0, 0.05) is 27.6 Å². The first kappa shape index (κ1) is 21.7. The molecule has 3 heterocycles. The van der Waals surface area contributed by atoms with Gasteiger partial charge in [0.1, 0.15) is 0 Å². The lowest BCUT2D eigenvalue weighted by Crippen LogP contribution is -2.29. The van der Waals surface area contributed by atoms with Crippen LogP contribution in [0.4, 0.5) is 0 Å². The molecule has 0 aromatic carbocycles. The van der Waals surface area contributed by atoms with Crippen LogP contribution in [0.3, 0.4) is 0 Å². The molecule has 0 aliphatic carbocycles. The van der Waals surface area contributed by atoms with Gasteiger partial charge in [0.2, 0.25) is 11.8 Å². The summed E-state index contributed by atoms with van der Waals surface area (Å²) >= 11 is 4.99. The minimum Gasteiger partial charge on any atom is -0.356 e. The van der Waals surface area contributed by atoms with Crippen LogP contribution in [0.15, 0.2) is 52.5 Å². The molecule has 29 heavy (non-hydrogen) atoms. The van der Waals surface area contributed by atoms with Crippen molar-refractivity contribution in [2.45, 2.75) is 45.2 Å². The van der Waals surface area contributed by atoms with Crippen LogP contribution in [-0.2, 0) is 29.1 Å². The molecule has 0 bridgehead atoms. The Kier molecular flexibility index (Phi) is 8.92. The van der Waals surface area contributed by atoms with E-state index < -0.39 is 0 Å². The molecule has 0 spiro atoms. The molecule has 3 aromatic rings. The van der Waals surface area contributed by atoms with Crippen LogP contribution in [0.1, 0.15) is 40.3 Å². The summed E-state index contributed by atoms with van der Waals surface area (Å²) in [7, 11) is 0. The van der Waals surface area contributed by atoms with Gasteiger partial charge in [0.15, 0.2) is 0 Å². The van der Waals surface area contributed by atoms with Crippen molar-refractivity contribution in [1.29, 1.82) is 0 Å². The van der Waals surface area contributed by atoms with E-state index in [1.54, 1.807) is 34.0 Å². The number of thiophene rings is 3. The van der Waals surface area contributed by atoms with Gasteiger partial charge in [-0.2, -0.15) is 0 Å². The highest BCUT2D eigenvalue weighted by Gasteiger charge is 2.15. The smallest absolute Gasteiger partial charge is 0.225 e. The van der Waals surface area contributed by atoms with Crippen LogP contribution >= 0.6 is 34.0 Å². The first-order chi connectivity index (χ1) is 14.2. The Labute approximate surface area is 184 Å². The number of rotatable bonds is 12. The third-order valence-electron chi connectivity index (χ3n) is 4.51. The summed E-state index contributed by atoms with van der Waals surface area (Å²) in [5, 5.41) is 9.06. The summed E-state index contributed by atoms with van der Waals surface area (Å²) in [6, 6.07) is 12.2. The van der Waals surface area contributed by atoms with Crippen molar-refractivity contribution in [3.63, 3.8) is 0 Å². The molecule has 0 aliphatic rings. The number of nitrogens with one attached hydrogen (secondary N) is 1. The molecule has 4 nitrogen and oxygen atoms in total. The third-order valence-corrected chi connectivity index (χ3v) is 7.11. The second kappa shape index (κ2) is 11.9. The van der Waals surface area contributed by atoms with Gasteiger partial charge in [-0.1, -0.05) is 24.6 Å². The Balaban J connectivity index is 1.35. The van der Waals surface area contributed by atoms with E-state index in [1.807, 2.05) is 34.5 Å². The lowest BCUT2D eigenvalue weighted by molar-refractivity contribution is -0.132. The van der Waals surface area contributed by atoms with Gasteiger partial charge < -0.3 is 10.2 Å². The second-order valence-electron chi connectivity index (χ2n) is 6.83. The molecule has 1 N–H and O–H groups in total. The average Bonchev–Trinajstić information content (AvgIpc) is 3.47. The largest absolute Gasteiger partial charge is 0.356 e. The Morgan fingerprint density at radius 2 is 1.38 bits per heavy atom. The minimum absolute atomic E-state index is 0.0709. The van der Waals surface area contributed by atoms with E-state index in [-0.39, 0.29) is 11.8 Å². The van der Waals surface area contributed by atoms with E-state index in [0.717, 1.165) is 24.1 Å². The summed E-state index contributed by atoms with van der Waals surface area (Å²) in [6.07, 6.45) is 3.71. The fourth-order valence-corrected chi connectivity index (χ4v) is 5.15. The van der Waals surface area contributed by atoms with E-state index in [2.05, 4.69) is 28.2 Å². The zero-order chi connectivity index (χ0) is 20.3. The summed E-state index contributed by atoms with van der Waals surface area (Å²) < 4.78 is 0. The highest BCUT2D eigenvalue weighted by molar-refractivity contribution is 7.10. The first-order valence-corrected chi connectivity index (χ1v) is 12.5. The summed E-state index contributed by atoms with van der Waals surface area (Å²) in [5.41, 5.74) is 0. The maximum absolute atomic E-state index is 12.8. The molecule has 0 saturated heterocycles. The van der Waals surface area contributed by atoms with Crippen LogP contribution in [0.2, 0.25) is 0 Å². The van der Waals surface area contributed by atoms with Gasteiger partial charge in [-0.05, 0) is 47.2 Å². The van der Waals surface area contributed by atoms with E-state index in [9.17, 15) is 9.59 Å². The number of unbranched alkanes of at least 4 members (excludes halogenated alkanes) is 2. The molecule has 0 unspecified atom stereocenters. The van der Waals surface area contributed by atoms with Crippen molar-refractivity contribution in [1.82, 2.24) is 10.2 Å². The van der Waals surface area contributed by atoms with E-state index >= 15 is 0 Å². The SMILES string of the molecule is O=C(Cc1cccs1)NCCCCCC(=O)N(Cc1cccs1)Cc1cccs1. The van der Waals surface area contributed by atoms with Gasteiger partial charge >= 0.3 is 0 Å². The van der Waals surface area contributed by atoms with Crippen molar-refractivity contribution in [3.8, 4) is 0 Å². The minimum atomic E-state index is 0.0709. The van der Waals surface area contributed by atoms with E-state index in [4.69, 9.17) is 0 Å². The maximum atomic E-state index is 12.8. The topological polar surface area (TPSA) is 49.4 Å². The second-order valence-corrected chi connectivity index (χ2v) is 9.92. The van der Waals surface area contributed by atoms with E-state index in [1.165, 1.54) is 9.75 Å². The van der Waals surface area contributed by atoms with Crippen LogP contribution in [0.25, 0.3) is 0 Å². The molecule has 154 valence electrons. The zero-order valence-electron chi connectivity index (χ0n) is 16.3. The molecular formula is C22H26N2O2S3. The normalized spacial score (nSPS) is 10.8. The van der Waals surface area contributed by atoms with Gasteiger partial charge in [-0.3, -0.25) is 9.59 Å². The third kappa shape index (κ3) is 7.76. The highest BCUT2D eigenvalue weighted by atomic mass is 32.1. The Hall–Kier alpha value is -1.96. The molecular weight excluding hydrogens is 420 g/mol. The van der Waals surface area contributed by atoms with Crippen molar-refractivity contribution in [2.24, 2.45) is 0 Å². The van der Waals surface area contributed by atoms with Crippen molar-refractivity contribution < 1.29 is 9.59 Å². The lowest BCUT2D eigenvalue weighted by Gasteiger charge is -2.21. The summed E-state index contributed by atoms with van der Waals surface area (Å²) in [5.74, 6) is 0.273. The van der Waals surface area contributed by atoms with Gasteiger partial charge in [-0.25, -0.2) is 0 Å². The highest BCUT2D eigenvalue weighted by Crippen LogP contribution is 2.18. The quantitative estimate of drug-likeness (QED) is 0.383. The number of carbonyl (C=O) groups is 2. The van der Waals surface area contributed by atoms with Crippen LogP contribution in [0, 0.1) is 0 Å². The number of hydrogen-bond donors (Lipinski definition) is 1. The predicted molar refractivity (Wildman–Crippen MR) is 122 cm³/mol. The number of hydrogen-bond acceptors (Lipinski definition) is 5. The maximum Gasteiger partial charge on any atom is 0.225 e. The van der Waals surface area contributed by atoms with Crippen LogP contribution < -0.4 is 5.32 Å². The molecule has 0 saturated carbocycles. The Morgan fingerprint density at radius 1 is 0.793 bits per heavy atom. The summed E-state index contributed by atoms with van der Waals surface area (Å²) in [6.45, 7) is 2.02. The zero-order valence-corrected chi connectivity index (χ0v) is 18.8. The molecule has 7 heteroatoms. The Bertz CT molecular complexity index is 807. The standard InChI is InChI=1S/C22H26N2O2S3/c25-21(15-18-7-4-12-27-18)23-11-3-1-2-10-22(26)24(16-19-8-5-13-28-19)17-20-9-6-14-29-20/h4-9,12-14H,1-3,10-11,15-17H2,(H,23,25).